The molecule has 2 rings (SSSR count). The molecule has 11 heavy (non-hydrogen) atoms. The van der Waals surface area contributed by atoms with E-state index in [4.69, 9.17) is 0 Å². The monoisotopic (exact) mass is 147 g/mol. The van der Waals surface area contributed by atoms with E-state index in [1.165, 1.54) is 18.4 Å². The second kappa shape index (κ2) is 3.01. The van der Waals surface area contributed by atoms with Crippen LogP contribution in [-0.2, 0) is 0 Å². The average molecular weight is 147 g/mol. The average Bonchev–Trinajstić information content (AvgIpc) is 2.58. The van der Waals surface area contributed by atoms with Crippen LogP contribution in [0.4, 0.5) is 0 Å². The Bertz CT molecular complexity index is 214. The Morgan fingerprint density at radius 2 is 2.64 bits per heavy atom. The van der Waals surface area contributed by atoms with Crippen molar-refractivity contribution in [2.45, 2.75) is 18.9 Å². The lowest BCUT2D eigenvalue weighted by Gasteiger charge is -2.08. The van der Waals surface area contributed by atoms with Gasteiger partial charge in [-0.05, 0) is 31.0 Å². The van der Waals surface area contributed by atoms with Crippen LogP contribution in [0, 0.1) is 6.07 Å². The van der Waals surface area contributed by atoms with Crippen LogP contribution in [0.15, 0.2) is 18.5 Å². The number of rotatable bonds is 1. The molecular weight excluding hydrogens is 136 g/mol. The van der Waals surface area contributed by atoms with E-state index in [-0.39, 0.29) is 0 Å². The van der Waals surface area contributed by atoms with Crippen molar-refractivity contribution in [2.75, 3.05) is 6.54 Å². The van der Waals surface area contributed by atoms with Crippen LogP contribution in [0.25, 0.3) is 0 Å². The summed E-state index contributed by atoms with van der Waals surface area (Å²) in [5.41, 5.74) is 1.27. The molecule has 0 aromatic carbocycles. The fourth-order valence-electron chi connectivity index (χ4n) is 1.50. The van der Waals surface area contributed by atoms with E-state index < -0.39 is 0 Å². The van der Waals surface area contributed by atoms with Crippen molar-refractivity contribution in [3.63, 3.8) is 0 Å². The molecule has 1 aromatic rings. The van der Waals surface area contributed by atoms with Gasteiger partial charge >= 0.3 is 0 Å². The smallest absolute Gasteiger partial charge is 0.0347 e. The lowest BCUT2D eigenvalue weighted by molar-refractivity contribution is 0.645. The molecule has 0 saturated carbocycles. The first-order valence-electron chi connectivity index (χ1n) is 4.01. The van der Waals surface area contributed by atoms with Gasteiger partial charge in [0.05, 0.1) is 0 Å². The maximum atomic E-state index is 4.03. The molecule has 0 spiro atoms. The van der Waals surface area contributed by atoms with E-state index >= 15 is 0 Å². The van der Waals surface area contributed by atoms with Gasteiger partial charge in [-0.2, -0.15) is 0 Å². The fraction of sp³-hybridized carbons (Fsp3) is 0.444. The van der Waals surface area contributed by atoms with Crippen molar-refractivity contribution >= 4 is 0 Å². The van der Waals surface area contributed by atoms with E-state index in [2.05, 4.69) is 16.4 Å². The molecule has 0 amide bonds. The summed E-state index contributed by atoms with van der Waals surface area (Å²) in [4.78, 5) is 4.03. The molecule has 1 aliphatic heterocycles. The highest BCUT2D eigenvalue weighted by Crippen LogP contribution is 2.21. The summed E-state index contributed by atoms with van der Waals surface area (Å²) < 4.78 is 0. The van der Waals surface area contributed by atoms with Crippen LogP contribution >= 0.6 is 0 Å². The fourth-order valence-corrected chi connectivity index (χ4v) is 1.50. The van der Waals surface area contributed by atoms with Crippen LogP contribution in [0.5, 0.6) is 0 Å². The first kappa shape index (κ1) is 6.80. The molecule has 1 fully saturated rings. The van der Waals surface area contributed by atoms with Crippen LogP contribution in [0.2, 0.25) is 0 Å². The second-order valence-electron chi connectivity index (χ2n) is 2.87. The van der Waals surface area contributed by atoms with Crippen LogP contribution in [-0.4, -0.2) is 11.5 Å². The SMILES string of the molecule is [c]1cncc(C2CCCN2)c1. The molecule has 1 aliphatic rings. The Morgan fingerprint density at radius 3 is 3.27 bits per heavy atom. The third-order valence-electron chi connectivity index (χ3n) is 2.09. The van der Waals surface area contributed by atoms with Crippen molar-refractivity contribution in [3.8, 4) is 0 Å². The number of pyridine rings is 1. The minimum atomic E-state index is 0.528. The molecule has 1 saturated heterocycles. The van der Waals surface area contributed by atoms with E-state index in [9.17, 15) is 0 Å². The third kappa shape index (κ3) is 1.40. The zero-order chi connectivity index (χ0) is 7.52. The standard InChI is InChI=1S/C9H11N2/c1-3-8(7-10-5-1)9-4-2-6-11-9/h3,5,7,9,11H,2,4,6H2. The molecule has 0 bridgehead atoms. The predicted octanol–water partition coefficient (Wildman–Crippen LogP) is 1.31. The number of aromatic nitrogens is 1. The lowest BCUT2D eigenvalue weighted by Crippen LogP contribution is -2.12. The van der Waals surface area contributed by atoms with Crippen LogP contribution in [0.3, 0.4) is 0 Å². The molecule has 2 heterocycles. The van der Waals surface area contributed by atoms with Crippen molar-refractivity contribution in [2.24, 2.45) is 0 Å². The number of hydrogen-bond donors (Lipinski definition) is 1. The third-order valence-corrected chi connectivity index (χ3v) is 2.09. The molecule has 1 aromatic heterocycles. The summed E-state index contributed by atoms with van der Waals surface area (Å²) in [5.74, 6) is 0. The summed E-state index contributed by atoms with van der Waals surface area (Å²) in [6, 6.07) is 5.52. The van der Waals surface area contributed by atoms with Gasteiger partial charge in [-0.15, -0.1) is 0 Å². The van der Waals surface area contributed by atoms with Crippen molar-refractivity contribution < 1.29 is 0 Å². The molecule has 1 N–H and O–H groups in total. The van der Waals surface area contributed by atoms with Gasteiger partial charge in [-0.25, -0.2) is 0 Å². The van der Waals surface area contributed by atoms with Crippen LogP contribution < -0.4 is 5.32 Å². The minimum Gasteiger partial charge on any atom is -0.310 e. The second-order valence-corrected chi connectivity index (χ2v) is 2.87. The highest BCUT2D eigenvalue weighted by atomic mass is 14.9. The Labute approximate surface area is 66.7 Å². The topological polar surface area (TPSA) is 24.9 Å². The molecule has 0 aliphatic carbocycles. The van der Waals surface area contributed by atoms with Crippen LogP contribution in [0.1, 0.15) is 24.4 Å². The largest absolute Gasteiger partial charge is 0.310 e. The van der Waals surface area contributed by atoms with Gasteiger partial charge in [0.1, 0.15) is 0 Å². The highest BCUT2D eigenvalue weighted by molar-refractivity contribution is 5.13. The maximum Gasteiger partial charge on any atom is 0.0347 e. The maximum absolute atomic E-state index is 4.03. The van der Waals surface area contributed by atoms with E-state index in [0.29, 0.717) is 6.04 Å². The first-order valence-corrected chi connectivity index (χ1v) is 4.01. The quantitative estimate of drug-likeness (QED) is 0.647. The van der Waals surface area contributed by atoms with Crippen molar-refractivity contribution in [3.05, 3.63) is 30.1 Å². The van der Waals surface area contributed by atoms with Gasteiger partial charge < -0.3 is 5.32 Å². The molecule has 2 nitrogen and oxygen atoms in total. The van der Waals surface area contributed by atoms with E-state index in [1.807, 2.05) is 12.3 Å². The molecular formula is C9H11N2. The van der Waals surface area contributed by atoms with Gasteiger partial charge in [0.2, 0.25) is 0 Å². The molecule has 57 valence electrons. The van der Waals surface area contributed by atoms with Gasteiger partial charge in [0.25, 0.3) is 0 Å². The highest BCUT2D eigenvalue weighted by Gasteiger charge is 2.15. The zero-order valence-electron chi connectivity index (χ0n) is 6.38. The zero-order valence-corrected chi connectivity index (χ0v) is 6.38. The Morgan fingerprint density at radius 1 is 1.64 bits per heavy atom. The van der Waals surface area contributed by atoms with Crippen molar-refractivity contribution in [1.82, 2.24) is 10.3 Å². The predicted molar refractivity (Wildman–Crippen MR) is 43.1 cm³/mol. The molecule has 1 atom stereocenters. The summed E-state index contributed by atoms with van der Waals surface area (Å²) in [5, 5.41) is 3.41. The Hall–Kier alpha value is -0.890. The van der Waals surface area contributed by atoms with Gasteiger partial charge in [0.15, 0.2) is 0 Å². The molecule has 2 heteroatoms. The van der Waals surface area contributed by atoms with Gasteiger partial charge in [-0.3, -0.25) is 4.98 Å². The summed E-state index contributed by atoms with van der Waals surface area (Å²) in [7, 11) is 0. The molecule has 1 radical (unpaired) electrons. The number of nitrogens with one attached hydrogen (secondary N) is 1. The first-order chi connectivity index (χ1) is 5.47. The Kier molecular flexibility index (Phi) is 1.86. The van der Waals surface area contributed by atoms with Gasteiger partial charge in [-0.1, -0.05) is 0 Å². The van der Waals surface area contributed by atoms with E-state index in [1.54, 1.807) is 6.20 Å². The minimum absolute atomic E-state index is 0.528. The lowest BCUT2D eigenvalue weighted by atomic mass is 10.1. The Balaban J connectivity index is 2.16. The molecule has 1 unspecified atom stereocenters. The number of nitrogens with zero attached hydrogens (tertiary/aromatic N) is 1. The van der Waals surface area contributed by atoms with Gasteiger partial charge in [0, 0.05) is 24.5 Å². The summed E-state index contributed by atoms with van der Waals surface area (Å²) in [6.45, 7) is 1.14. The van der Waals surface area contributed by atoms with E-state index in [0.717, 1.165) is 6.54 Å². The number of hydrogen-bond acceptors (Lipinski definition) is 2. The summed E-state index contributed by atoms with van der Waals surface area (Å²) >= 11 is 0. The summed E-state index contributed by atoms with van der Waals surface area (Å²) in [6.07, 6.45) is 6.12. The van der Waals surface area contributed by atoms with Crippen molar-refractivity contribution in [1.29, 1.82) is 0 Å². The normalized spacial score (nSPS) is 23.8.